The molecular formula is C36H34N6O4. The molecule has 6 aromatic rings. The van der Waals surface area contributed by atoms with Gasteiger partial charge in [0.15, 0.2) is 11.5 Å². The van der Waals surface area contributed by atoms with Crippen LogP contribution in [0.1, 0.15) is 5.56 Å². The van der Waals surface area contributed by atoms with Crippen LogP contribution in [-0.2, 0) is 11.3 Å². The summed E-state index contributed by atoms with van der Waals surface area (Å²) in [6.07, 6.45) is 3.73. The number of morpholine rings is 1. The highest BCUT2D eigenvalue weighted by atomic mass is 16.5. The van der Waals surface area contributed by atoms with Gasteiger partial charge in [-0.25, -0.2) is 15.0 Å². The smallest absolute Gasteiger partial charge is 0.227 e. The maximum absolute atomic E-state index is 6.11. The Hall–Kier alpha value is -5.61. The first-order chi connectivity index (χ1) is 22.7. The molecule has 46 heavy (non-hydrogen) atoms. The lowest BCUT2D eigenvalue weighted by molar-refractivity contribution is 0.122. The molecule has 3 aromatic heterocycles. The summed E-state index contributed by atoms with van der Waals surface area (Å²) in [5.41, 5.74) is 6.90. The van der Waals surface area contributed by atoms with Crippen molar-refractivity contribution in [2.45, 2.75) is 6.61 Å². The van der Waals surface area contributed by atoms with Crippen LogP contribution in [0.15, 0.2) is 103 Å². The monoisotopic (exact) mass is 614 g/mol. The summed E-state index contributed by atoms with van der Waals surface area (Å²) in [5.74, 6) is 2.42. The zero-order valence-corrected chi connectivity index (χ0v) is 25.7. The van der Waals surface area contributed by atoms with Gasteiger partial charge in [0.2, 0.25) is 5.95 Å². The fourth-order valence-electron chi connectivity index (χ4n) is 5.58. The van der Waals surface area contributed by atoms with E-state index in [0.717, 1.165) is 52.6 Å². The molecule has 0 spiro atoms. The lowest BCUT2D eigenvalue weighted by Crippen LogP contribution is -2.36. The van der Waals surface area contributed by atoms with E-state index in [4.69, 9.17) is 28.9 Å². The molecule has 1 aliphatic rings. The number of fused-ring (bicyclic) bond motifs is 1. The first kappa shape index (κ1) is 29.1. The van der Waals surface area contributed by atoms with Crippen LogP contribution in [-0.4, -0.2) is 59.9 Å². The number of imidazole rings is 1. The number of aromatic nitrogens is 4. The maximum Gasteiger partial charge on any atom is 0.227 e. The van der Waals surface area contributed by atoms with E-state index >= 15 is 0 Å². The Labute approximate surface area is 267 Å². The summed E-state index contributed by atoms with van der Waals surface area (Å²) in [6.45, 7) is 3.56. The number of anilines is 3. The van der Waals surface area contributed by atoms with Gasteiger partial charge in [-0.3, -0.25) is 4.40 Å². The Bertz CT molecular complexity index is 1960. The molecule has 0 unspecified atom stereocenters. The predicted molar refractivity (Wildman–Crippen MR) is 178 cm³/mol. The van der Waals surface area contributed by atoms with Crippen molar-refractivity contribution >= 4 is 23.0 Å². The van der Waals surface area contributed by atoms with Crippen molar-refractivity contribution in [2.75, 3.05) is 50.7 Å². The van der Waals surface area contributed by atoms with Crippen molar-refractivity contribution in [1.82, 2.24) is 19.4 Å². The third-order valence-corrected chi connectivity index (χ3v) is 7.91. The summed E-state index contributed by atoms with van der Waals surface area (Å²) >= 11 is 0. The van der Waals surface area contributed by atoms with Crippen LogP contribution in [0, 0.1) is 0 Å². The second kappa shape index (κ2) is 13.2. The summed E-state index contributed by atoms with van der Waals surface area (Å²) < 4.78 is 25.2. The molecule has 10 heteroatoms. The number of benzene rings is 3. The number of pyridine rings is 1. The minimum absolute atomic E-state index is 0.438. The first-order valence-corrected chi connectivity index (χ1v) is 15.1. The molecule has 232 valence electrons. The SMILES string of the molecule is COc1cc(N2CCOCC2)ccc1Nc1nccc(-c2c(-c3ccc(OCc4ccccc4)c(OC)c3)nc3ccccn23)n1. The topological polar surface area (TPSA) is 95.3 Å². The van der Waals surface area contributed by atoms with Gasteiger partial charge in [0, 0.05) is 42.8 Å². The molecule has 0 radical (unpaired) electrons. The third-order valence-electron chi connectivity index (χ3n) is 7.91. The van der Waals surface area contributed by atoms with Crippen LogP contribution >= 0.6 is 0 Å². The van der Waals surface area contributed by atoms with Gasteiger partial charge >= 0.3 is 0 Å². The standard InChI is InChI=1S/C36H34N6O4/c1-43-31-23-27(41-18-20-45-21-19-41)12-13-28(31)38-36-37-16-15-29(39-36)35-34(40-33-10-6-7-17-42(33)35)26-11-14-30(32(22-26)44-2)46-24-25-8-4-3-5-9-25/h3-17,22-23H,18-21,24H2,1-2H3,(H,37,38,39). The fourth-order valence-corrected chi connectivity index (χ4v) is 5.58. The average molecular weight is 615 g/mol. The molecule has 3 aromatic carbocycles. The fraction of sp³-hybridized carbons (Fsp3) is 0.194. The molecule has 0 amide bonds. The minimum Gasteiger partial charge on any atom is -0.494 e. The van der Waals surface area contributed by atoms with Gasteiger partial charge in [-0.2, -0.15) is 0 Å². The Morgan fingerprint density at radius 2 is 1.63 bits per heavy atom. The van der Waals surface area contributed by atoms with Crippen LogP contribution in [0.2, 0.25) is 0 Å². The van der Waals surface area contributed by atoms with E-state index in [1.54, 1.807) is 20.4 Å². The normalized spacial score (nSPS) is 13.0. The van der Waals surface area contributed by atoms with E-state index in [1.807, 2.05) is 95.5 Å². The highest BCUT2D eigenvalue weighted by Gasteiger charge is 2.20. The molecule has 1 saturated heterocycles. The zero-order chi connectivity index (χ0) is 31.3. The van der Waals surface area contributed by atoms with Gasteiger partial charge in [-0.15, -0.1) is 0 Å². The number of methoxy groups -OCH3 is 2. The number of ether oxygens (including phenoxy) is 4. The van der Waals surface area contributed by atoms with Gasteiger partial charge in [-0.05, 0) is 54.1 Å². The van der Waals surface area contributed by atoms with Crippen molar-refractivity contribution in [3.63, 3.8) is 0 Å². The van der Waals surface area contributed by atoms with E-state index in [1.165, 1.54) is 0 Å². The Morgan fingerprint density at radius 3 is 2.46 bits per heavy atom. The maximum atomic E-state index is 6.11. The number of nitrogens with zero attached hydrogens (tertiary/aromatic N) is 5. The molecule has 1 aliphatic heterocycles. The minimum atomic E-state index is 0.438. The molecule has 7 rings (SSSR count). The molecule has 0 aliphatic carbocycles. The van der Waals surface area contributed by atoms with Gasteiger partial charge < -0.3 is 29.2 Å². The Morgan fingerprint density at radius 1 is 0.804 bits per heavy atom. The molecule has 1 N–H and O–H groups in total. The van der Waals surface area contributed by atoms with Crippen molar-refractivity contribution in [1.29, 1.82) is 0 Å². The van der Waals surface area contributed by atoms with Gasteiger partial charge in [0.25, 0.3) is 0 Å². The zero-order valence-electron chi connectivity index (χ0n) is 25.7. The van der Waals surface area contributed by atoms with E-state index in [2.05, 4.69) is 21.3 Å². The number of rotatable bonds is 10. The molecule has 4 heterocycles. The number of hydrogen-bond acceptors (Lipinski definition) is 9. The van der Waals surface area contributed by atoms with E-state index < -0.39 is 0 Å². The Kier molecular flexibility index (Phi) is 8.34. The van der Waals surface area contributed by atoms with E-state index in [-0.39, 0.29) is 0 Å². The average Bonchev–Trinajstić information content (AvgIpc) is 3.51. The highest BCUT2D eigenvalue weighted by molar-refractivity contribution is 5.82. The summed E-state index contributed by atoms with van der Waals surface area (Å²) in [6, 6.07) is 29.8. The molecule has 0 atom stereocenters. The van der Waals surface area contributed by atoms with Crippen LogP contribution < -0.4 is 24.4 Å². The van der Waals surface area contributed by atoms with Crippen LogP contribution in [0.4, 0.5) is 17.3 Å². The lowest BCUT2D eigenvalue weighted by Gasteiger charge is -2.29. The molecule has 0 bridgehead atoms. The lowest BCUT2D eigenvalue weighted by atomic mass is 10.1. The van der Waals surface area contributed by atoms with Crippen LogP contribution in [0.5, 0.6) is 17.2 Å². The third kappa shape index (κ3) is 6.02. The quantitative estimate of drug-likeness (QED) is 0.182. The van der Waals surface area contributed by atoms with Crippen molar-refractivity contribution < 1.29 is 18.9 Å². The number of nitrogens with one attached hydrogen (secondary N) is 1. The van der Waals surface area contributed by atoms with E-state index in [9.17, 15) is 0 Å². The first-order valence-electron chi connectivity index (χ1n) is 15.1. The van der Waals surface area contributed by atoms with E-state index in [0.29, 0.717) is 48.7 Å². The number of hydrogen-bond donors (Lipinski definition) is 1. The molecular weight excluding hydrogens is 580 g/mol. The second-order valence-corrected chi connectivity index (χ2v) is 10.8. The second-order valence-electron chi connectivity index (χ2n) is 10.8. The van der Waals surface area contributed by atoms with Crippen molar-refractivity contribution in [3.05, 3.63) is 109 Å². The largest absolute Gasteiger partial charge is 0.494 e. The highest BCUT2D eigenvalue weighted by Crippen LogP contribution is 2.38. The molecule has 0 saturated carbocycles. The van der Waals surface area contributed by atoms with Crippen LogP contribution in [0.25, 0.3) is 28.3 Å². The summed E-state index contributed by atoms with van der Waals surface area (Å²) in [4.78, 5) is 16.8. The molecule has 10 nitrogen and oxygen atoms in total. The molecule has 1 fully saturated rings. The Balaban J connectivity index is 1.21. The van der Waals surface area contributed by atoms with Crippen LogP contribution in [0.3, 0.4) is 0 Å². The van der Waals surface area contributed by atoms with Crippen molar-refractivity contribution in [3.8, 4) is 39.9 Å². The van der Waals surface area contributed by atoms with Gasteiger partial charge in [0.05, 0.1) is 50.2 Å². The predicted octanol–water partition coefficient (Wildman–Crippen LogP) is 6.63. The van der Waals surface area contributed by atoms with Gasteiger partial charge in [0.1, 0.15) is 18.0 Å². The summed E-state index contributed by atoms with van der Waals surface area (Å²) in [7, 11) is 3.31. The van der Waals surface area contributed by atoms with Gasteiger partial charge in [-0.1, -0.05) is 36.4 Å². The van der Waals surface area contributed by atoms with Crippen molar-refractivity contribution in [2.24, 2.45) is 0 Å². The summed E-state index contributed by atoms with van der Waals surface area (Å²) in [5, 5.41) is 3.36.